The molecule has 3 heterocycles. The van der Waals surface area contributed by atoms with E-state index in [1.54, 1.807) is 12.1 Å². The first-order chi connectivity index (χ1) is 17.5. The summed E-state index contributed by atoms with van der Waals surface area (Å²) in [7, 11) is -7.59. The number of halogens is 2. The van der Waals surface area contributed by atoms with E-state index in [9.17, 15) is 21.2 Å². The Balaban J connectivity index is 1.51. The highest BCUT2D eigenvalue weighted by Crippen LogP contribution is 2.45. The lowest BCUT2D eigenvalue weighted by Gasteiger charge is -2.45. The number of anilines is 1. The standard InChI is InChI=1S/C23H24F2N4O5S3/c1-36(30,31)16-6-8-29(20(10-16)14-2-4-15(24)5-3-14)19-7-9-34-21-12-22(18(25)11-17(19)21)37(32,33)28-23-26-13-27-35-23/h2-5,11-13,16,19-20H,6-10H2,1H3,(H,26,27,28)/t16-,19+,20+/m1/s1. The second-order valence-corrected chi connectivity index (χ2v) is 13.9. The van der Waals surface area contributed by atoms with Crippen LogP contribution in [0.5, 0.6) is 5.75 Å². The van der Waals surface area contributed by atoms with Gasteiger partial charge in [0.25, 0.3) is 10.0 Å². The maximum absolute atomic E-state index is 15.3. The Morgan fingerprint density at radius 1 is 1.08 bits per heavy atom. The van der Waals surface area contributed by atoms with Crippen molar-refractivity contribution in [3.63, 3.8) is 0 Å². The first kappa shape index (κ1) is 25.9. The van der Waals surface area contributed by atoms with E-state index >= 15 is 4.39 Å². The van der Waals surface area contributed by atoms with Crippen molar-refractivity contribution >= 4 is 36.5 Å². The summed E-state index contributed by atoms with van der Waals surface area (Å²) in [5, 5.41) is -0.555. The molecule has 14 heteroatoms. The van der Waals surface area contributed by atoms with Crippen LogP contribution in [-0.2, 0) is 19.9 Å². The zero-order valence-electron chi connectivity index (χ0n) is 19.7. The van der Waals surface area contributed by atoms with Gasteiger partial charge in [0.1, 0.15) is 38.4 Å². The van der Waals surface area contributed by atoms with Crippen molar-refractivity contribution in [1.29, 1.82) is 0 Å². The molecule has 0 unspecified atom stereocenters. The predicted molar refractivity (Wildman–Crippen MR) is 134 cm³/mol. The van der Waals surface area contributed by atoms with Crippen molar-refractivity contribution in [3.05, 3.63) is 65.5 Å². The van der Waals surface area contributed by atoms with Crippen molar-refractivity contribution in [2.24, 2.45) is 0 Å². The molecule has 0 amide bonds. The van der Waals surface area contributed by atoms with Crippen LogP contribution in [0, 0.1) is 11.6 Å². The summed E-state index contributed by atoms with van der Waals surface area (Å²) in [6.07, 6.45) is 3.58. The van der Waals surface area contributed by atoms with Crippen LogP contribution in [-0.4, -0.2) is 55.8 Å². The molecule has 0 saturated carbocycles. The highest BCUT2D eigenvalue weighted by molar-refractivity contribution is 7.93. The summed E-state index contributed by atoms with van der Waals surface area (Å²) in [5.74, 6) is -1.12. The van der Waals surface area contributed by atoms with E-state index in [-0.39, 0.29) is 29.6 Å². The first-order valence-electron chi connectivity index (χ1n) is 11.5. The van der Waals surface area contributed by atoms with Gasteiger partial charge in [0.2, 0.25) is 5.13 Å². The van der Waals surface area contributed by atoms with Crippen molar-refractivity contribution in [2.45, 2.75) is 41.5 Å². The van der Waals surface area contributed by atoms with Crippen LogP contribution in [0.1, 0.15) is 42.5 Å². The van der Waals surface area contributed by atoms with Gasteiger partial charge in [0, 0.05) is 54.5 Å². The fraction of sp³-hybridized carbons (Fsp3) is 0.391. The maximum atomic E-state index is 15.3. The summed E-state index contributed by atoms with van der Waals surface area (Å²) in [6.45, 7) is 0.666. The van der Waals surface area contributed by atoms with Crippen LogP contribution in [0.3, 0.4) is 0 Å². The lowest BCUT2D eigenvalue weighted by Crippen LogP contribution is -2.44. The van der Waals surface area contributed by atoms with E-state index in [2.05, 4.69) is 19.0 Å². The number of nitrogens with zero attached hydrogens (tertiary/aromatic N) is 3. The second kappa shape index (κ2) is 9.89. The van der Waals surface area contributed by atoms with Gasteiger partial charge in [-0.15, -0.1) is 0 Å². The molecule has 5 rings (SSSR count). The number of benzene rings is 2. The number of nitrogens with one attached hydrogen (secondary N) is 1. The third-order valence-corrected chi connectivity index (χ3v) is 10.5. The Hall–Kier alpha value is -2.68. The molecule has 1 fully saturated rings. The van der Waals surface area contributed by atoms with Crippen LogP contribution in [0.4, 0.5) is 13.9 Å². The quantitative estimate of drug-likeness (QED) is 0.477. The molecule has 1 N–H and O–H groups in total. The summed E-state index contributed by atoms with van der Waals surface area (Å²) in [5.41, 5.74) is 1.23. The maximum Gasteiger partial charge on any atom is 0.266 e. The zero-order valence-corrected chi connectivity index (χ0v) is 22.1. The summed E-state index contributed by atoms with van der Waals surface area (Å²) >= 11 is 0.821. The molecule has 1 saturated heterocycles. The third kappa shape index (κ3) is 5.33. The van der Waals surface area contributed by atoms with Crippen LogP contribution in [0.25, 0.3) is 0 Å². The molecule has 2 aliphatic rings. The second-order valence-electron chi connectivity index (χ2n) is 9.11. The number of hydrogen-bond acceptors (Lipinski definition) is 9. The van der Waals surface area contributed by atoms with Crippen LogP contribution in [0.15, 0.2) is 47.6 Å². The lowest BCUT2D eigenvalue weighted by molar-refractivity contribution is 0.0677. The number of rotatable bonds is 6. The van der Waals surface area contributed by atoms with E-state index in [0.29, 0.717) is 31.4 Å². The summed E-state index contributed by atoms with van der Waals surface area (Å²) in [4.78, 5) is 5.28. The monoisotopic (exact) mass is 570 g/mol. The molecule has 9 nitrogen and oxygen atoms in total. The lowest BCUT2D eigenvalue weighted by atomic mass is 9.89. The van der Waals surface area contributed by atoms with Crippen molar-refractivity contribution in [1.82, 2.24) is 14.3 Å². The van der Waals surface area contributed by atoms with Gasteiger partial charge in [0.15, 0.2) is 0 Å². The Kier molecular flexibility index (Phi) is 6.94. The highest BCUT2D eigenvalue weighted by Gasteiger charge is 2.40. The number of ether oxygens (including phenoxy) is 1. The van der Waals surface area contributed by atoms with Crippen LogP contribution in [0.2, 0.25) is 0 Å². The number of piperidine rings is 1. The SMILES string of the molecule is CS(=O)(=O)[C@@H]1CCN([C@H]2CCOc3cc(S(=O)(=O)Nc4ncns4)c(F)cc32)[C@H](c2ccc(F)cc2)C1. The minimum absolute atomic E-state index is 0.00630. The number of sulfone groups is 1. The average molecular weight is 571 g/mol. The van der Waals surface area contributed by atoms with E-state index < -0.39 is 41.6 Å². The molecule has 0 radical (unpaired) electrons. The van der Waals surface area contributed by atoms with Gasteiger partial charge in [-0.1, -0.05) is 12.1 Å². The third-order valence-electron chi connectivity index (χ3n) is 6.80. The Morgan fingerprint density at radius 3 is 2.51 bits per heavy atom. The molecule has 198 valence electrons. The Labute approximate surface area is 217 Å². The predicted octanol–water partition coefficient (Wildman–Crippen LogP) is 3.69. The van der Waals surface area contributed by atoms with Gasteiger partial charge in [-0.05, 0) is 36.6 Å². The largest absolute Gasteiger partial charge is 0.493 e. The normalized spacial score (nSPS) is 22.7. The van der Waals surface area contributed by atoms with E-state index in [1.165, 1.54) is 24.7 Å². The van der Waals surface area contributed by atoms with E-state index in [4.69, 9.17) is 4.74 Å². The Bertz CT molecular complexity index is 1500. The molecule has 2 aliphatic heterocycles. The van der Waals surface area contributed by atoms with Gasteiger partial charge in [0.05, 0.1) is 11.9 Å². The molecule has 3 aromatic rings. The van der Waals surface area contributed by atoms with Crippen molar-refractivity contribution < 1.29 is 30.4 Å². The molecule has 0 aliphatic carbocycles. The topological polar surface area (TPSA) is 119 Å². The number of likely N-dealkylation sites (tertiary alicyclic amines) is 1. The average Bonchev–Trinajstić information content (AvgIpc) is 3.35. The van der Waals surface area contributed by atoms with Crippen LogP contribution < -0.4 is 9.46 Å². The molecule has 37 heavy (non-hydrogen) atoms. The van der Waals surface area contributed by atoms with Gasteiger partial charge in [-0.25, -0.2) is 30.6 Å². The molecule has 2 aromatic carbocycles. The summed E-state index contributed by atoms with van der Waals surface area (Å²) in [6, 6.07) is 7.53. The fourth-order valence-electron chi connectivity index (χ4n) is 5.04. The highest BCUT2D eigenvalue weighted by atomic mass is 32.2. The first-order valence-corrected chi connectivity index (χ1v) is 15.7. The number of fused-ring (bicyclic) bond motifs is 1. The molecule has 3 atom stereocenters. The van der Waals surface area contributed by atoms with Gasteiger partial charge in [-0.2, -0.15) is 4.37 Å². The van der Waals surface area contributed by atoms with Gasteiger partial charge in [-0.3, -0.25) is 9.62 Å². The smallest absolute Gasteiger partial charge is 0.266 e. The van der Waals surface area contributed by atoms with Gasteiger partial charge < -0.3 is 4.74 Å². The zero-order chi connectivity index (χ0) is 26.4. The molecular formula is C23H24F2N4O5S3. The van der Waals surface area contributed by atoms with E-state index in [1.807, 2.05) is 0 Å². The molecule has 0 spiro atoms. The molecular weight excluding hydrogens is 546 g/mol. The van der Waals surface area contributed by atoms with Crippen molar-refractivity contribution in [3.8, 4) is 5.75 Å². The molecule has 0 bridgehead atoms. The number of sulfonamides is 1. The summed E-state index contributed by atoms with van der Waals surface area (Å²) < 4.78 is 91.0. The minimum atomic E-state index is -4.28. The van der Waals surface area contributed by atoms with Gasteiger partial charge >= 0.3 is 0 Å². The minimum Gasteiger partial charge on any atom is -0.493 e. The number of hydrogen-bond donors (Lipinski definition) is 1. The number of aromatic nitrogens is 2. The Morgan fingerprint density at radius 2 is 1.84 bits per heavy atom. The molecule has 1 aromatic heterocycles. The van der Waals surface area contributed by atoms with E-state index in [0.717, 1.165) is 29.2 Å². The van der Waals surface area contributed by atoms with Crippen molar-refractivity contribution in [2.75, 3.05) is 24.1 Å². The fourth-order valence-corrected chi connectivity index (χ4v) is 7.84. The van der Waals surface area contributed by atoms with Crippen LogP contribution >= 0.6 is 11.5 Å².